The zero-order chi connectivity index (χ0) is 22.8. The highest BCUT2D eigenvalue weighted by molar-refractivity contribution is 5.45. The van der Waals surface area contributed by atoms with Crippen LogP contribution in [0, 0.1) is 5.82 Å². The Morgan fingerprint density at radius 1 is 1.09 bits per heavy atom. The quantitative estimate of drug-likeness (QED) is 0.686. The van der Waals surface area contributed by atoms with E-state index in [0.717, 1.165) is 63.3 Å². The second-order valence-corrected chi connectivity index (χ2v) is 9.67. The van der Waals surface area contributed by atoms with Gasteiger partial charge in [-0.3, -0.25) is 9.80 Å². The number of benzene rings is 2. The molecule has 0 bridgehead atoms. The predicted molar refractivity (Wildman–Crippen MR) is 126 cm³/mol. The maximum Gasteiger partial charge on any atom is 0.154 e. The molecule has 5 nitrogen and oxygen atoms in total. The Morgan fingerprint density at radius 3 is 2.61 bits per heavy atom. The third-order valence-electron chi connectivity index (χ3n) is 7.67. The van der Waals surface area contributed by atoms with E-state index in [0.29, 0.717) is 13.2 Å². The van der Waals surface area contributed by atoms with Crippen molar-refractivity contribution in [3.8, 4) is 5.75 Å². The highest BCUT2D eigenvalue weighted by Gasteiger charge is 2.55. The first-order valence-corrected chi connectivity index (χ1v) is 12.4. The molecule has 0 aromatic heterocycles. The summed E-state index contributed by atoms with van der Waals surface area (Å²) in [5.41, 5.74) is 1.47. The zero-order valence-electron chi connectivity index (χ0n) is 19.5. The van der Waals surface area contributed by atoms with E-state index in [9.17, 15) is 9.50 Å². The fraction of sp³-hybridized carbons (Fsp3) is 0.556. The van der Waals surface area contributed by atoms with Crippen LogP contribution in [0.5, 0.6) is 5.75 Å². The van der Waals surface area contributed by atoms with Gasteiger partial charge in [-0.2, -0.15) is 0 Å². The summed E-state index contributed by atoms with van der Waals surface area (Å²) in [6.45, 7) is 8.04. The molecule has 2 aromatic rings. The van der Waals surface area contributed by atoms with Gasteiger partial charge in [-0.25, -0.2) is 4.39 Å². The van der Waals surface area contributed by atoms with Crippen LogP contribution < -0.4 is 4.74 Å². The van der Waals surface area contributed by atoms with Crippen molar-refractivity contribution < 1.29 is 19.0 Å². The number of piperazine rings is 1. The van der Waals surface area contributed by atoms with E-state index >= 15 is 0 Å². The number of rotatable bonds is 7. The van der Waals surface area contributed by atoms with Gasteiger partial charge in [-0.15, -0.1) is 0 Å². The van der Waals surface area contributed by atoms with E-state index < -0.39 is 11.7 Å². The minimum absolute atomic E-state index is 0.0467. The lowest BCUT2D eigenvalue weighted by molar-refractivity contribution is -0.0998. The van der Waals surface area contributed by atoms with Crippen LogP contribution in [-0.4, -0.2) is 72.5 Å². The number of aliphatic hydroxyl groups is 1. The second kappa shape index (κ2) is 9.71. The lowest BCUT2D eigenvalue weighted by atomic mass is 9.71. The number of hydrogen-bond donors (Lipinski definition) is 1. The van der Waals surface area contributed by atoms with Crippen LogP contribution in [-0.2, 0) is 4.74 Å². The molecule has 4 unspecified atom stereocenters. The Balaban J connectivity index is 1.24. The summed E-state index contributed by atoms with van der Waals surface area (Å²) in [6.07, 6.45) is 2.15. The van der Waals surface area contributed by atoms with E-state index in [-0.39, 0.29) is 17.8 Å². The summed E-state index contributed by atoms with van der Waals surface area (Å²) in [5, 5.41) is 11.1. The van der Waals surface area contributed by atoms with Crippen molar-refractivity contribution in [2.45, 2.75) is 49.9 Å². The van der Waals surface area contributed by atoms with Crippen LogP contribution in [0.25, 0.3) is 0 Å². The molecule has 5 rings (SSSR count). The van der Waals surface area contributed by atoms with E-state index in [1.165, 1.54) is 11.6 Å². The van der Waals surface area contributed by atoms with Crippen LogP contribution in [0.4, 0.5) is 4.39 Å². The van der Waals surface area contributed by atoms with Crippen molar-refractivity contribution in [2.75, 3.05) is 45.9 Å². The first-order chi connectivity index (χ1) is 16.1. The normalized spacial score (nSPS) is 28.7. The van der Waals surface area contributed by atoms with Crippen LogP contribution in [0.15, 0.2) is 48.5 Å². The molecule has 1 saturated carbocycles. The van der Waals surface area contributed by atoms with Gasteiger partial charge in [0.05, 0.1) is 12.2 Å². The molecule has 1 aliphatic carbocycles. The molecule has 0 amide bonds. The van der Waals surface area contributed by atoms with E-state index in [1.54, 1.807) is 12.1 Å². The van der Waals surface area contributed by atoms with Gasteiger partial charge in [0.1, 0.15) is 11.6 Å². The summed E-state index contributed by atoms with van der Waals surface area (Å²) < 4.78 is 26.5. The van der Waals surface area contributed by atoms with Crippen molar-refractivity contribution in [3.63, 3.8) is 0 Å². The molecule has 178 valence electrons. The molecule has 2 fully saturated rings. The minimum atomic E-state index is -0.672. The number of nitrogens with zero attached hydrogens (tertiary/aromatic N) is 2. The van der Waals surface area contributed by atoms with Gasteiger partial charge in [0.15, 0.2) is 5.60 Å². The Hall–Kier alpha value is -1.99. The fourth-order valence-corrected chi connectivity index (χ4v) is 5.97. The molecule has 0 radical (unpaired) electrons. The number of fused-ring (bicyclic) bond motifs is 3. The van der Waals surface area contributed by atoms with E-state index in [1.807, 2.05) is 13.0 Å². The predicted octanol–water partition coefficient (Wildman–Crippen LogP) is 3.98. The number of aliphatic hydroxyl groups excluding tert-OH is 1. The largest absolute Gasteiger partial charge is 0.482 e. The summed E-state index contributed by atoms with van der Waals surface area (Å²) >= 11 is 0. The fourth-order valence-electron chi connectivity index (χ4n) is 5.97. The van der Waals surface area contributed by atoms with Gasteiger partial charge in [0.2, 0.25) is 0 Å². The number of halogens is 1. The lowest BCUT2D eigenvalue weighted by Crippen LogP contribution is -2.61. The van der Waals surface area contributed by atoms with Crippen molar-refractivity contribution in [3.05, 3.63) is 65.5 Å². The average Bonchev–Trinajstić information content (AvgIpc) is 3.15. The van der Waals surface area contributed by atoms with E-state index in [4.69, 9.17) is 9.47 Å². The van der Waals surface area contributed by atoms with Crippen molar-refractivity contribution >= 4 is 0 Å². The average molecular weight is 455 g/mol. The van der Waals surface area contributed by atoms with Crippen molar-refractivity contribution in [1.29, 1.82) is 0 Å². The maximum absolute atomic E-state index is 14.0. The van der Waals surface area contributed by atoms with Gasteiger partial charge in [0.25, 0.3) is 0 Å². The molecular formula is C27H35FN2O3. The Kier molecular flexibility index (Phi) is 6.70. The summed E-state index contributed by atoms with van der Waals surface area (Å²) in [5.74, 6) is 0.554. The summed E-state index contributed by atoms with van der Waals surface area (Å²) in [6, 6.07) is 15.2. The molecule has 33 heavy (non-hydrogen) atoms. The SMILES string of the molecule is CCOC(CN1CCN(CC23Oc4ccc(F)cc4C2CCCC3O)CC1)c1ccccc1. The molecular weight excluding hydrogens is 419 g/mol. The molecule has 1 N–H and O–H groups in total. The standard InChI is InChI=1S/C27H35FN2O3/c1-2-32-25(20-7-4-3-5-8-20)18-29-13-15-30(16-14-29)19-27-23(9-6-10-26(27)31)22-17-21(28)11-12-24(22)33-27/h3-5,7-8,11-12,17,23,25-26,31H,2,6,9-10,13-16,18-19H2,1H3. The van der Waals surface area contributed by atoms with Crippen LogP contribution in [0.3, 0.4) is 0 Å². The van der Waals surface area contributed by atoms with Gasteiger partial charge < -0.3 is 14.6 Å². The number of ether oxygens (including phenoxy) is 2. The molecule has 6 heteroatoms. The second-order valence-electron chi connectivity index (χ2n) is 9.67. The third-order valence-corrected chi connectivity index (χ3v) is 7.67. The van der Waals surface area contributed by atoms with Crippen LogP contribution >= 0.6 is 0 Å². The molecule has 2 aromatic carbocycles. The van der Waals surface area contributed by atoms with Gasteiger partial charge in [-0.05, 0) is 49.9 Å². The number of hydrogen-bond acceptors (Lipinski definition) is 5. The first-order valence-electron chi connectivity index (χ1n) is 12.4. The minimum Gasteiger partial charge on any atom is -0.482 e. The van der Waals surface area contributed by atoms with Crippen LogP contribution in [0.1, 0.15) is 49.3 Å². The Bertz CT molecular complexity index is 934. The molecule has 2 heterocycles. The highest BCUT2D eigenvalue weighted by atomic mass is 19.1. The zero-order valence-corrected chi connectivity index (χ0v) is 19.5. The van der Waals surface area contributed by atoms with Gasteiger partial charge >= 0.3 is 0 Å². The third kappa shape index (κ3) is 4.54. The monoisotopic (exact) mass is 454 g/mol. The molecule has 0 spiro atoms. The van der Waals surface area contributed by atoms with Crippen molar-refractivity contribution in [2.24, 2.45) is 0 Å². The van der Waals surface area contributed by atoms with Crippen LogP contribution in [0.2, 0.25) is 0 Å². The van der Waals surface area contributed by atoms with E-state index in [2.05, 4.69) is 34.1 Å². The van der Waals surface area contributed by atoms with Crippen molar-refractivity contribution in [1.82, 2.24) is 9.80 Å². The highest BCUT2D eigenvalue weighted by Crippen LogP contribution is 2.52. The summed E-state index contributed by atoms with van der Waals surface area (Å²) in [4.78, 5) is 4.88. The molecule has 2 aliphatic heterocycles. The maximum atomic E-state index is 14.0. The molecule has 4 atom stereocenters. The summed E-state index contributed by atoms with van der Waals surface area (Å²) in [7, 11) is 0. The first kappa shape index (κ1) is 22.8. The topological polar surface area (TPSA) is 45.2 Å². The Labute approximate surface area is 196 Å². The smallest absolute Gasteiger partial charge is 0.154 e. The lowest BCUT2D eigenvalue weighted by Gasteiger charge is -2.46. The molecule has 1 saturated heterocycles. The molecule has 3 aliphatic rings. The van der Waals surface area contributed by atoms with Gasteiger partial charge in [-0.1, -0.05) is 30.3 Å². The Morgan fingerprint density at radius 2 is 1.85 bits per heavy atom. The van der Waals surface area contributed by atoms with Gasteiger partial charge in [0, 0.05) is 57.4 Å².